The fraction of sp³-hybridized carbons (Fsp3) is 0.129. The number of rotatable bonds is 10. The Bertz CT molecular complexity index is 1580. The number of nitrogens with zero attached hydrogens (tertiary/aromatic N) is 3. The van der Waals surface area contributed by atoms with E-state index < -0.39 is 5.91 Å². The summed E-state index contributed by atoms with van der Waals surface area (Å²) < 4.78 is 18.1. The van der Waals surface area contributed by atoms with E-state index >= 15 is 0 Å². The van der Waals surface area contributed by atoms with Crippen molar-refractivity contribution >= 4 is 17.8 Å². The molecule has 5 rings (SSSR count). The van der Waals surface area contributed by atoms with Crippen molar-refractivity contribution in [3.63, 3.8) is 0 Å². The normalized spacial score (nSPS) is 10.7. The molecule has 0 aliphatic heterocycles. The third kappa shape index (κ3) is 5.88. The Balaban J connectivity index is 1.46. The van der Waals surface area contributed by atoms with Crippen molar-refractivity contribution in [2.24, 2.45) is 0 Å². The van der Waals surface area contributed by atoms with Gasteiger partial charge in [0, 0.05) is 23.4 Å². The third-order valence-corrected chi connectivity index (χ3v) is 6.24. The summed E-state index contributed by atoms with van der Waals surface area (Å²) in [4.78, 5) is 32.9. The van der Waals surface area contributed by atoms with E-state index in [-0.39, 0.29) is 19.0 Å². The van der Waals surface area contributed by atoms with E-state index in [0.717, 1.165) is 5.56 Å². The number of benzene rings is 3. The number of carbonyl (C=O) groups excluding carboxylic acids is 2. The molecule has 202 valence electrons. The molecule has 9 nitrogen and oxygen atoms in total. The number of carbonyl (C=O) groups is 2. The van der Waals surface area contributed by atoms with Crippen LogP contribution in [0.15, 0.2) is 108 Å². The molecule has 9 heteroatoms. The average Bonchev–Trinajstić information content (AvgIpc) is 3.67. The van der Waals surface area contributed by atoms with E-state index in [9.17, 15) is 9.59 Å². The molecule has 40 heavy (non-hydrogen) atoms. The predicted octanol–water partition coefficient (Wildman–Crippen LogP) is 5.43. The lowest BCUT2D eigenvalue weighted by Gasteiger charge is -2.21. The zero-order valence-corrected chi connectivity index (χ0v) is 22.1. The van der Waals surface area contributed by atoms with E-state index in [1.807, 2.05) is 48.7 Å². The number of ether oxygens (including phenoxy) is 2. The number of imidazole rings is 1. The van der Waals surface area contributed by atoms with Crippen LogP contribution in [-0.2, 0) is 11.3 Å². The Morgan fingerprint density at radius 3 is 2.30 bits per heavy atom. The third-order valence-electron chi connectivity index (χ3n) is 6.24. The van der Waals surface area contributed by atoms with Gasteiger partial charge in [0.2, 0.25) is 11.9 Å². The summed E-state index contributed by atoms with van der Waals surface area (Å²) in [5.41, 5.74) is 2.73. The second-order valence-electron chi connectivity index (χ2n) is 8.88. The second-order valence-corrected chi connectivity index (χ2v) is 8.88. The number of furan rings is 1. The number of nitrogens with one attached hydrogen (secondary N) is 1. The maximum absolute atomic E-state index is 13.4. The molecule has 5 aromatic rings. The van der Waals surface area contributed by atoms with Crippen LogP contribution in [0.1, 0.15) is 16.1 Å². The topological polar surface area (TPSA) is 98.8 Å². The zero-order valence-electron chi connectivity index (χ0n) is 22.1. The molecule has 0 saturated carbocycles. The first-order chi connectivity index (χ1) is 19.6. The van der Waals surface area contributed by atoms with Gasteiger partial charge in [0.15, 0.2) is 11.5 Å². The SMILES string of the molecule is COc1ccc(-n2cc(-c3ccccc3)nc2NC(=O)CN(Cc2ccco2)C(=O)c2ccccc2)cc1OC. The summed E-state index contributed by atoms with van der Waals surface area (Å²) >= 11 is 0. The first-order valence-electron chi connectivity index (χ1n) is 12.6. The minimum atomic E-state index is -0.414. The molecule has 1 N–H and O–H groups in total. The fourth-order valence-electron chi connectivity index (χ4n) is 4.28. The zero-order chi connectivity index (χ0) is 27.9. The Hall–Kier alpha value is -5.31. The van der Waals surface area contributed by atoms with Crippen molar-refractivity contribution in [3.8, 4) is 28.4 Å². The lowest BCUT2D eigenvalue weighted by molar-refractivity contribution is -0.117. The molecule has 2 amide bonds. The quantitative estimate of drug-likeness (QED) is 0.256. The van der Waals surface area contributed by atoms with Gasteiger partial charge >= 0.3 is 0 Å². The lowest BCUT2D eigenvalue weighted by Crippen LogP contribution is -2.37. The summed E-state index contributed by atoms with van der Waals surface area (Å²) in [6.07, 6.45) is 3.37. The van der Waals surface area contributed by atoms with Crippen molar-refractivity contribution in [1.29, 1.82) is 0 Å². The van der Waals surface area contributed by atoms with Crippen molar-refractivity contribution in [1.82, 2.24) is 14.5 Å². The number of hydrogen-bond acceptors (Lipinski definition) is 6. The Morgan fingerprint density at radius 1 is 0.900 bits per heavy atom. The van der Waals surface area contributed by atoms with Crippen LogP contribution in [0.3, 0.4) is 0 Å². The highest BCUT2D eigenvalue weighted by molar-refractivity contribution is 5.99. The summed E-state index contributed by atoms with van der Waals surface area (Å²) in [6, 6.07) is 27.4. The van der Waals surface area contributed by atoms with Gasteiger partial charge in [-0.2, -0.15) is 0 Å². The second kappa shape index (κ2) is 12.0. The van der Waals surface area contributed by atoms with E-state index in [4.69, 9.17) is 18.9 Å². The Kier molecular flexibility index (Phi) is 7.92. The smallest absolute Gasteiger partial charge is 0.254 e. The van der Waals surface area contributed by atoms with Gasteiger partial charge < -0.3 is 18.8 Å². The predicted molar refractivity (Wildman–Crippen MR) is 151 cm³/mol. The number of amides is 2. The van der Waals surface area contributed by atoms with Gasteiger partial charge in [-0.15, -0.1) is 0 Å². The minimum absolute atomic E-state index is 0.132. The highest BCUT2D eigenvalue weighted by atomic mass is 16.5. The van der Waals surface area contributed by atoms with Gasteiger partial charge in [-0.25, -0.2) is 4.98 Å². The molecule has 2 aromatic heterocycles. The summed E-state index contributed by atoms with van der Waals surface area (Å²) in [5, 5.41) is 2.90. The van der Waals surface area contributed by atoms with Gasteiger partial charge in [-0.3, -0.25) is 19.5 Å². The molecule has 0 fully saturated rings. The highest BCUT2D eigenvalue weighted by Gasteiger charge is 2.22. The van der Waals surface area contributed by atoms with E-state index in [1.54, 1.807) is 67.3 Å². The van der Waals surface area contributed by atoms with E-state index in [1.165, 1.54) is 11.2 Å². The Morgan fingerprint density at radius 2 is 1.62 bits per heavy atom. The molecule has 0 aliphatic rings. The standard InChI is InChI=1S/C31H28N4O5/c1-38-27-16-15-24(18-28(27)39-2)35-20-26(22-10-5-3-6-11-22)32-31(35)33-29(36)21-34(19-25-14-9-17-40-25)30(37)23-12-7-4-8-13-23/h3-18,20H,19,21H2,1-2H3,(H,32,33,36). The van der Waals surface area contributed by atoms with Gasteiger partial charge in [-0.1, -0.05) is 48.5 Å². The summed E-state index contributed by atoms with van der Waals surface area (Å²) in [7, 11) is 3.13. The molecule has 0 bridgehead atoms. The number of aromatic nitrogens is 2. The van der Waals surface area contributed by atoms with Gasteiger partial charge in [-0.05, 0) is 36.4 Å². The van der Waals surface area contributed by atoms with E-state index in [2.05, 4.69) is 5.32 Å². The molecule has 2 heterocycles. The molecule has 3 aromatic carbocycles. The molecule has 0 saturated heterocycles. The first-order valence-corrected chi connectivity index (χ1v) is 12.6. The van der Waals surface area contributed by atoms with Crippen LogP contribution in [0.5, 0.6) is 11.5 Å². The average molecular weight is 537 g/mol. The first kappa shape index (κ1) is 26.3. The number of hydrogen-bond donors (Lipinski definition) is 1. The number of methoxy groups -OCH3 is 2. The molecule has 0 unspecified atom stereocenters. The van der Waals surface area contributed by atoms with Gasteiger partial charge in [0.1, 0.15) is 12.3 Å². The van der Waals surface area contributed by atoms with Crippen LogP contribution in [-0.4, -0.2) is 47.0 Å². The van der Waals surface area contributed by atoms with Crippen LogP contribution >= 0.6 is 0 Å². The van der Waals surface area contributed by atoms with Gasteiger partial charge in [0.05, 0.1) is 38.4 Å². The molecule has 0 atom stereocenters. The fourth-order valence-corrected chi connectivity index (χ4v) is 4.28. The Labute approximate surface area is 231 Å². The molecular formula is C31H28N4O5. The van der Waals surface area contributed by atoms with Crippen molar-refractivity contribution in [2.75, 3.05) is 26.1 Å². The monoisotopic (exact) mass is 536 g/mol. The van der Waals surface area contributed by atoms with Crippen LogP contribution in [0, 0.1) is 0 Å². The summed E-state index contributed by atoms with van der Waals surface area (Å²) in [5.74, 6) is 1.26. The van der Waals surface area contributed by atoms with Gasteiger partial charge in [0.25, 0.3) is 5.91 Å². The van der Waals surface area contributed by atoms with Crippen LogP contribution < -0.4 is 14.8 Å². The molecule has 0 aliphatic carbocycles. The van der Waals surface area contributed by atoms with Crippen LogP contribution in [0.4, 0.5) is 5.95 Å². The van der Waals surface area contributed by atoms with Crippen molar-refractivity contribution in [2.45, 2.75) is 6.54 Å². The minimum Gasteiger partial charge on any atom is -0.493 e. The molecule has 0 radical (unpaired) electrons. The highest BCUT2D eigenvalue weighted by Crippen LogP contribution is 2.31. The number of anilines is 1. The van der Waals surface area contributed by atoms with Crippen molar-refractivity contribution < 1.29 is 23.5 Å². The largest absolute Gasteiger partial charge is 0.493 e. The lowest BCUT2D eigenvalue weighted by atomic mass is 10.2. The molecular weight excluding hydrogens is 508 g/mol. The molecule has 0 spiro atoms. The van der Waals surface area contributed by atoms with E-state index in [0.29, 0.717) is 40.2 Å². The maximum Gasteiger partial charge on any atom is 0.254 e. The maximum atomic E-state index is 13.4. The van der Waals surface area contributed by atoms with Crippen LogP contribution in [0.25, 0.3) is 16.9 Å². The van der Waals surface area contributed by atoms with Crippen LogP contribution in [0.2, 0.25) is 0 Å². The van der Waals surface area contributed by atoms with Crippen molar-refractivity contribution in [3.05, 3.63) is 115 Å². The summed E-state index contributed by atoms with van der Waals surface area (Å²) in [6.45, 7) is -0.0819.